The fraction of sp³-hybridized carbons (Fsp3) is 0.786. The van der Waals surface area contributed by atoms with Gasteiger partial charge in [0.1, 0.15) is 12.6 Å². The summed E-state index contributed by atoms with van der Waals surface area (Å²) in [6, 6.07) is -1.14. The zero-order valence-corrected chi connectivity index (χ0v) is 12.8. The maximum absolute atomic E-state index is 12.6. The smallest absolute Gasteiger partial charge is 0.326 e. The number of carbonyl (C=O) groups is 3. The highest BCUT2D eigenvalue weighted by Crippen LogP contribution is 2.19. The highest BCUT2D eigenvalue weighted by molar-refractivity contribution is 5.86. The fourth-order valence-corrected chi connectivity index (χ4v) is 2.54. The lowest BCUT2D eigenvalue weighted by Gasteiger charge is -2.32. The highest BCUT2D eigenvalue weighted by Gasteiger charge is 2.33. The van der Waals surface area contributed by atoms with Crippen LogP contribution in [-0.2, 0) is 9.59 Å². The lowest BCUT2D eigenvalue weighted by Crippen LogP contribution is -2.52. The second-order valence-electron chi connectivity index (χ2n) is 5.27. The number of nitrogens with one attached hydrogen (secondary N) is 1. The molecule has 0 spiro atoms. The Morgan fingerprint density at radius 3 is 2.57 bits per heavy atom. The predicted molar refractivity (Wildman–Crippen MR) is 77.9 cm³/mol. The molecule has 7 heteroatoms. The van der Waals surface area contributed by atoms with E-state index in [0.717, 1.165) is 19.3 Å². The zero-order chi connectivity index (χ0) is 15.8. The standard InChI is InChI=1S/C14H25N3O4/c1-3-8-16(10-12(18)15-2)14(21)17-9-6-4-5-7-11(17)13(19)20/h11H,3-10H2,1-2H3,(H,15,18)(H,19,20). The van der Waals surface area contributed by atoms with Crippen LogP contribution in [-0.4, -0.2) is 65.5 Å². The van der Waals surface area contributed by atoms with Crippen molar-refractivity contribution in [1.29, 1.82) is 0 Å². The van der Waals surface area contributed by atoms with E-state index in [-0.39, 0.29) is 18.5 Å². The Morgan fingerprint density at radius 1 is 1.29 bits per heavy atom. The van der Waals surface area contributed by atoms with Gasteiger partial charge in [-0.1, -0.05) is 19.8 Å². The van der Waals surface area contributed by atoms with Crippen molar-refractivity contribution >= 4 is 17.9 Å². The average molecular weight is 299 g/mol. The molecule has 0 bridgehead atoms. The van der Waals surface area contributed by atoms with Gasteiger partial charge in [-0.2, -0.15) is 0 Å². The molecule has 0 aromatic heterocycles. The Bertz CT molecular complexity index is 386. The topological polar surface area (TPSA) is 90.0 Å². The molecule has 1 unspecified atom stereocenters. The maximum Gasteiger partial charge on any atom is 0.326 e. The lowest BCUT2D eigenvalue weighted by molar-refractivity contribution is -0.142. The molecular formula is C14H25N3O4. The van der Waals surface area contributed by atoms with Gasteiger partial charge in [-0.15, -0.1) is 0 Å². The van der Waals surface area contributed by atoms with E-state index >= 15 is 0 Å². The number of amides is 3. The van der Waals surface area contributed by atoms with Crippen LogP contribution in [0.15, 0.2) is 0 Å². The van der Waals surface area contributed by atoms with Crippen molar-refractivity contribution in [3.8, 4) is 0 Å². The summed E-state index contributed by atoms with van der Waals surface area (Å²) >= 11 is 0. The number of hydrogen-bond donors (Lipinski definition) is 2. The minimum absolute atomic E-state index is 0.0357. The normalized spacial score (nSPS) is 18.8. The number of aliphatic carboxylic acids is 1. The number of nitrogens with zero attached hydrogens (tertiary/aromatic N) is 2. The van der Waals surface area contributed by atoms with Crippen LogP contribution in [0.25, 0.3) is 0 Å². The van der Waals surface area contributed by atoms with Gasteiger partial charge in [0, 0.05) is 20.1 Å². The van der Waals surface area contributed by atoms with Crippen molar-refractivity contribution in [3.05, 3.63) is 0 Å². The summed E-state index contributed by atoms with van der Waals surface area (Å²) in [5.74, 6) is -1.22. The van der Waals surface area contributed by atoms with E-state index in [4.69, 9.17) is 0 Å². The van der Waals surface area contributed by atoms with Crippen LogP contribution in [0.2, 0.25) is 0 Å². The van der Waals surface area contributed by atoms with E-state index in [9.17, 15) is 19.5 Å². The highest BCUT2D eigenvalue weighted by atomic mass is 16.4. The van der Waals surface area contributed by atoms with Gasteiger partial charge in [-0.05, 0) is 19.3 Å². The van der Waals surface area contributed by atoms with Crippen LogP contribution in [0.3, 0.4) is 0 Å². The summed E-state index contributed by atoms with van der Waals surface area (Å²) in [7, 11) is 1.52. The Morgan fingerprint density at radius 2 is 2.00 bits per heavy atom. The molecule has 0 aromatic rings. The van der Waals surface area contributed by atoms with Gasteiger partial charge in [0.05, 0.1) is 0 Å². The summed E-state index contributed by atoms with van der Waals surface area (Å²) in [6.07, 6.45) is 3.73. The number of rotatable bonds is 5. The van der Waals surface area contributed by atoms with Crippen LogP contribution in [0.5, 0.6) is 0 Å². The van der Waals surface area contributed by atoms with Crippen molar-refractivity contribution < 1.29 is 19.5 Å². The van der Waals surface area contributed by atoms with E-state index in [2.05, 4.69) is 5.32 Å². The van der Waals surface area contributed by atoms with Crippen molar-refractivity contribution in [3.63, 3.8) is 0 Å². The van der Waals surface area contributed by atoms with Gasteiger partial charge in [0.15, 0.2) is 0 Å². The van der Waals surface area contributed by atoms with Gasteiger partial charge >= 0.3 is 12.0 Å². The summed E-state index contributed by atoms with van der Waals surface area (Å²) in [5, 5.41) is 11.8. The zero-order valence-electron chi connectivity index (χ0n) is 12.8. The van der Waals surface area contributed by atoms with E-state index < -0.39 is 12.0 Å². The minimum atomic E-state index is -0.971. The van der Waals surface area contributed by atoms with Gasteiger partial charge in [0.25, 0.3) is 0 Å². The molecule has 3 amide bonds. The van der Waals surface area contributed by atoms with Crippen molar-refractivity contribution in [2.75, 3.05) is 26.7 Å². The van der Waals surface area contributed by atoms with Crippen molar-refractivity contribution in [2.24, 2.45) is 0 Å². The average Bonchev–Trinajstić information content (AvgIpc) is 2.71. The molecule has 21 heavy (non-hydrogen) atoms. The van der Waals surface area contributed by atoms with E-state index in [1.807, 2.05) is 6.92 Å². The Kier molecular flexibility index (Phi) is 6.98. The first-order valence-electron chi connectivity index (χ1n) is 7.50. The molecule has 0 saturated carbocycles. The molecule has 1 saturated heterocycles. The van der Waals surface area contributed by atoms with Crippen LogP contribution in [0.1, 0.15) is 39.0 Å². The quantitative estimate of drug-likeness (QED) is 0.789. The molecule has 1 rings (SSSR count). The summed E-state index contributed by atoms with van der Waals surface area (Å²) in [5.41, 5.74) is 0. The lowest BCUT2D eigenvalue weighted by atomic mass is 10.1. The number of likely N-dealkylation sites (tertiary alicyclic amines) is 1. The van der Waals surface area contributed by atoms with Gasteiger partial charge in [-0.25, -0.2) is 9.59 Å². The van der Waals surface area contributed by atoms with E-state index in [1.54, 1.807) is 0 Å². The molecule has 1 fully saturated rings. The van der Waals surface area contributed by atoms with E-state index in [0.29, 0.717) is 25.9 Å². The Labute approximate surface area is 125 Å². The van der Waals surface area contributed by atoms with Crippen LogP contribution in [0, 0.1) is 0 Å². The fourth-order valence-electron chi connectivity index (χ4n) is 2.54. The SMILES string of the molecule is CCCN(CC(=O)NC)C(=O)N1CCCCCC1C(=O)O. The molecule has 0 radical (unpaired) electrons. The molecule has 1 heterocycles. The molecule has 120 valence electrons. The van der Waals surface area contributed by atoms with Gasteiger partial charge in [-0.3, -0.25) is 4.79 Å². The first-order chi connectivity index (χ1) is 10.0. The van der Waals surface area contributed by atoms with E-state index in [1.165, 1.54) is 16.8 Å². The van der Waals surface area contributed by atoms with Crippen LogP contribution in [0.4, 0.5) is 4.79 Å². The summed E-state index contributed by atoms with van der Waals surface area (Å²) in [4.78, 5) is 38.4. The predicted octanol–water partition coefficient (Wildman–Crippen LogP) is 0.894. The molecule has 0 aliphatic carbocycles. The minimum Gasteiger partial charge on any atom is -0.480 e. The van der Waals surface area contributed by atoms with Crippen molar-refractivity contribution in [2.45, 2.75) is 45.1 Å². The molecule has 1 aliphatic heterocycles. The first-order valence-corrected chi connectivity index (χ1v) is 7.50. The van der Waals surface area contributed by atoms with Gasteiger partial charge < -0.3 is 20.2 Å². The molecular weight excluding hydrogens is 274 g/mol. The number of likely N-dealkylation sites (N-methyl/N-ethyl adjacent to an activating group) is 1. The molecule has 7 nitrogen and oxygen atoms in total. The number of hydrogen-bond acceptors (Lipinski definition) is 3. The Balaban J connectivity index is 2.86. The molecule has 0 aromatic carbocycles. The number of carbonyl (C=O) groups excluding carboxylic acids is 2. The van der Waals surface area contributed by atoms with Gasteiger partial charge in [0.2, 0.25) is 5.91 Å². The third-order valence-corrected chi connectivity index (χ3v) is 3.66. The Hall–Kier alpha value is -1.79. The second-order valence-corrected chi connectivity index (χ2v) is 5.27. The molecule has 2 N–H and O–H groups in total. The van der Waals surface area contributed by atoms with Crippen LogP contribution >= 0.6 is 0 Å². The summed E-state index contributed by atoms with van der Waals surface area (Å²) in [6.45, 7) is 2.76. The number of urea groups is 1. The second kappa shape index (κ2) is 8.49. The molecule has 1 aliphatic rings. The number of carboxylic acid groups (broad SMARTS) is 1. The van der Waals surface area contributed by atoms with Crippen molar-refractivity contribution in [1.82, 2.24) is 15.1 Å². The first kappa shape index (κ1) is 17.3. The largest absolute Gasteiger partial charge is 0.480 e. The maximum atomic E-state index is 12.6. The summed E-state index contributed by atoms with van der Waals surface area (Å²) < 4.78 is 0. The number of carboxylic acids is 1. The third kappa shape index (κ3) is 4.91. The monoisotopic (exact) mass is 299 g/mol. The third-order valence-electron chi connectivity index (χ3n) is 3.66. The van der Waals surface area contributed by atoms with Crippen LogP contribution < -0.4 is 5.32 Å². The molecule has 1 atom stereocenters.